The molecule has 0 saturated heterocycles. The van der Waals surface area contributed by atoms with Crippen molar-refractivity contribution in [3.8, 4) is 0 Å². The zero-order chi connectivity index (χ0) is 21.1. The number of amides is 2. The molecule has 3 rings (SSSR count). The van der Waals surface area contributed by atoms with Gasteiger partial charge < -0.3 is 9.80 Å². The number of carbonyl (C=O) groups is 2. The first-order valence-electron chi connectivity index (χ1n) is 9.32. The molecule has 0 unspecified atom stereocenters. The summed E-state index contributed by atoms with van der Waals surface area (Å²) >= 11 is 0. The van der Waals surface area contributed by atoms with Gasteiger partial charge in [0.2, 0.25) is 0 Å². The smallest absolute Gasteiger partial charge is 0.276 e. The maximum atomic E-state index is 12.9. The van der Waals surface area contributed by atoms with Gasteiger partial charge >= 0.3 is 0 Å². The van der Waals surface area contributed by atoms with Crippen LogP contribution in [-0.2, 0) is 0 Å². The van der Waals surface area contributed by atoms with Crippen LogP contribution in [0.2, 0.25) is 0 Å². The Bertz CT molecular complexity index is 1080. The van der Waals surface area contributed by atoms with Gasteiger partial charge in [-0.1, -0.05) is 18.2 Å². The van der Waals surface area contributed by atoms with Crippen LogP contribution in [0.25, 0.3) is 0 Å². The van der Waals surface area contributed by atoms with Gasteiger partial charge in [0.1, 0.15) is 11.4 Å². The number of aryl methyl sites for hydroxylation is 3. The summed E-state index contributed by atoms with van der Waals surface area (Å²) in [6, 6.07) is 16.3. The highest BCUT2D eigenvalue weighted by Crippen LogP contribution is 2.27. The standard InChI is InChI=1S/C23H24N4O2/c1-15-12-13-18(26(4)22(28)19-10-6-8-16(2)24-19)14-21(15)27(5)23(29)20-11-7-9-17(3)25-20/h6-14H,1-5H3. The Morgan fingerprint density at radius 1 is 0.724 bits per heavy atom. The lowest BCUT2D eigenvalue weighted by Crippen LogP contribution is -2.30. The Morgan fingerprint density at radius 2 is 1.24 bits per heavy atom. The minimum absolute atomic E-state index is 0.205. The van der Waals surface area contributed by atoms with Crippen LogP contribution < -0.4 is 9.80 Å². The van der Waals surface area contributed by atoms with Crippen molar-refractivity contribution in [3.63, 3.8) is 0 Å². The molecular weight excluding hydrogens is 364 g/mol. The largest absolute Gasteiger partial charge is 0.310 e. The second-order valence-electron chi connectivity index (χ2n) is 7.03. The average molecular weight is 388 g/mol. The Hall–Kier alpha value is -3.54. The fourth-order valence-corrected chi connectivity index (χ4v) is 3.06. The first-order valence-corrected chi connectivity index (χ1v) is 9.32. The van der Waals surface area contributed by atoms with Gasteiger partial charge in [-0.15, -0.1) is 0 Å². The predicted molar refractivity (Wildman–Crippen MR) is 115 cm³/mol. The highest BCUT2D eigenvalue weighted by molar-refractivity contribution is 6.07. The minimum atomic E-state index is -0.210. The van der Waals surface area contributed by atoms with Gasteiger partial charge in [0, 0.05) is 36.9 Å². The summed E-state index contributed by atoms with van der Waals surface area (Å²) < 4.78 is 0. The van der Waals surface area contributed by atoms with Crippen LogP contribution >= 0.6 is 0 Å². The van der Waals surface area contributed by atoms with Gasteiger partial charge in [-0.05, 0) is 62.7 Å². The molecule has 0 radical (unpaired) electrons. The summed E-state index contributed by atoms with van der Waals surface area (Å²) in [5.74, 6) is -0.416. The van der Waals surface area contributed by atoms with E-state index in [2.05, 4.69) is 9.97 Å². The number of hydrogen-bond acceptors (Lipinski definition) is 4. The molecule has 0 aliphatic heterocycles. The third-order valence-electron chi connectivity index (χ3n) is 4.77. The van der Waals surface area contributed by atoms with E-state index in [0.29, 0.717) is 22.8 Å². The van der Waals surface area contributed by atoms with Gasteiger partial charge in [0.15, 0.2) is 0 Å². The van der Waals surface area contributed by atoms with Crippen molar-refractivity contribution in [2.75, 3.05) is 23.9 Å². The van der Waals surface area contributed by atoms with Gasteiger partial charge in [-0.25, -0.2) is 9.97 Å². The quantitative estimate of drug-likeness (QED) is 0.679. The normalized spacial score (nSPS) is 10.5. The van der Waals surface area contributed by atoms with Crippen LogP contribution in [-0.4, -0.2) is 35.9 Å². The zero-order valence-corrected chi connectivity index (χ0v) is 17.3. The number of carbonyl (C=O) groups excluding carboxylic acids is 2. The van der Waals surface area contributed by atoms with Crippen LogP contribution in [0.4, 0.5) is 11.4 Å². The molecule has 0 saturated carbocycles. The van der Waals surface area contributed by atoms with E-state index in [1.165, 1.54) is 4.90 Å². The second kappa shape index (κ2) is 8.22. The molecule has 0 fully saturated rings. The molecular formula is C23H24N4O2. The van der Waals surface area contributed by atoms with E-state index >= 15 is 0 Å². The van der Waals surface area contributed by atoms with Gasteiger partial charge in [-0.2, -0.15) is 0 Å². The topological polar surface area (TPSA) is 66.4 Å². The molecule has 0 spiro atoms. The highest BCUT2D eigenvalue weighted by Gasteiger charge is 2.20. The number of anilines is 2. The van der Waals surface area contributed by atoms with Gasteiger partial charge in [-0.3, -0.25) is 9.59 Å². The van der Waals surface area contributed by atoms with E-state index < -0.39 is 0 Å². The number of rotatable bonds is 4. The third kappa shape index (κ3) is 4.32. The van der Waals surface area contributed by atoms with Crippen LogP contribution in [0, 0.1) is 20.8 Å². The molecule has 0 bridgehead atoms. The number of hydrogen-bond donors (Lipinski definition) is 0. The molecule has 2 heterocycles. The molecule has 6 heteroatoms. The van der Waals surface area contributed by atoms with Gasteiger partial charge in [0.25, 0.3) is 11.8 Å². The zero-order valence-electron chi connectivity index (χ0n) is 17.3. The summed E-state index contributed by atoms with van der Waals surface area (Å²) in [6.07, 6.45) is 0. The van der Waals surface area contributed by atoms with Crippen molar-refractivity contribution in [2.45, 2.75) is 20.8 Å². The predicted octanol–water partition coefficient (Wildman–Crippen LogP) is 3.96. The summed E-state index contributed by atoms with van der Waals surface area (Å²) in [6.45, 7) is 5.62. The highest BCUT2D eigenvalue weighted by atomic mass is 16.2. The van der Waals surface area contributed by atoms with Crippen LogP contribution in [0.15, 0.2) is 54.6 Å². The van der Waals surface area contributed by atoms with Crippen molar-refractivity contribution in [2.24, 2.45) is 0 Å². The molecule has 29 heavy (non-hydrogen) atoms. The molecule has 0 N–H and O–H groups in total. The summed E-state index contributed by atoms with van der Waals surface area (Å²) in [5.41, 5.74) is 4.64. The van der Waals surface area contributed by atoms with E-state index in [0.717, 1.165) is 17.0 Å². The molecule has 148 valence electrons. The lowest BCUT2D eigenvalue weighted by Gasteiger charge is -2.23. The Kier molecular flexibility index (Phi) is 5.73. The van der Waals surface area contributed by atoms with Crippen molar-refractivity contribution in [3.05, 3.63) is 82.9 Å². The average Bonchev–Trinajstić information content (AvgIpc) is 2.72. The Balaban J connectivity index is 1.91. The SMILES string of the molecule is Cc1cccc(C(=O)N(C)c2ccc(C)c(N(C)C(=O)c3cccc(C)n3)c2)n1. The summed E-state index contributed by atoms with van der Waals surface area (Å²) in [4.78, 5) is 37.4. The van der Waals surface area contributed by atoms with E-state index in [9.17, 15) is 9.59 Å². The summed E-state index contributed by atoms with van der Waals surface area (Å²) in [5, 5.41) is 0. The minimum Gasteiger partial charge on any atom is -0.310 e. The fourth-order valence-electron chi connectivity index (χ4n) is 3.06. The second-order valence-corrected chi connectivity index (χ2v) is 7.03. The van der Waals surface area contributed by atoms with Crippen LogP contribution in [0.5, 0.6) is 0 Å². The fraction of sp³-hybridized carbons (Fsp3) is 0.217. The molecule has 6 nitrogen and oxygen atoms in total. The van der Waals surface area contributed by atoms with E-state index in [4.69, 9.17) is 0 Å². The van der Waals surface area contributed by atoms with Crippen LogP contribution in [0.3, 0.4) is 0 Å². The number of nitrogens with zero attached hydrogens (tertiary/aromatic N) is 4. The third-order valence-corrected chi connectivity index (χ3v) is 4.77. The van der Waals surface area contributed by atoms with Crippen molar-refractivity contribution in [1.82, 2.24) is 9.97 Å². The molecule has 2 aromatic heterocycles. The molecule has 1 aromatic carbocycles. The van der Waals surface area contributed by atoms with Crippen molar-refractivity contribution >= 4 is 23.2 Å². The van der Waals surface area contributed by atoms with Gasteiger partial charge in [0.05, 0.1) is 0 Å². The van der Waals surface area contributed by atoms with Crippen molar-refractivity contribution < 1.29 is 9.59 Å². The molecule has 0 atom stereocenters. The first-order chi connectivity index (χ1) is 13.8. The molecule has 2 amide bonds. The monoisotopic (exact) mass is 388 g/mol. The number of pyridine rings is 2. The maximum absolute atomic E-state index is 12.9. The lowest BCUT2D eigenvalue weighted by molar-refractivity contribution is 0.0981. The van der Waals surface area contributed by atoms with Crippen molar-refractivity contribution in [1.29, 1.82) is 0 Å². The molecule has 0 aliphatic rings. The summed E-state index contributed by atoms with van der Waals surface area (Å²) in [7, 11) is 3.41. The van der Waals surface area contributed by atoms with E-state index in [1.54, 1.807) is 31.1 Å². The first kappa shape index (κ1) is 20.2. The van der Waals surface area contributed by atoms with Crippen LogP contribution in [0.1, 0.15) is 37.9 Å². The maximum Gasteiger partial charge on any atom is 0.276 e. The molecule has 0 aliphatic carbocycles. The number of benzene rings is 1. The molecule has 3 aromatic rings. The Labute approximate surface area is 170 Å². The van der Waals surface area contributed by atoms with E-state index in [1.807, 2.05) is 63.2 Å². The lowest BCUT2D eigenvalue weighted by atomic mass is 10.1. The number of aromatic nitrogens is 2. The van der Waals surface area contributed by atoms with E-state index in [-0.39, 0.29) is 11.8 Å². The Morgan fingerprint density at radius 3 is 1.76 bits per heavy atom.